The number of sulfonamides is 1. The zero-order valence-electron chi connectivity index (χ0n) is 8.92. The van der Waals surface area contributed by atoms with E-state index in [1.807, 2.05) is 4.72 Å². The minimum Gasteiger partial charge on any atom is -0.399 e. The van der Waals surface area contributed by atoms with Crippen molar-refractivity contribution in [1.82, 2.24) is 4.72 Å². The first-order chi connectivity index (χ1) is 7.88. The number of hydrogen-bond donors (Lipinski definition) is 2. The van der Waals surface area contributed by atoms with Gasteiger partial charge in [0.1, 0.15) is 4.90 Å². The number of nitrogens with two attached hydrogens (primary N) is 1. The molecule has 0 spiro atoms. The van der Waals surface area contributed by atoms with E-state index < -0.39 is 26.6 Å². The van der Waals surface area contributed by atoms with Gasteiger partial charge in [0, 0.05) is 5.69 Å². The van der Waals surface area contributed by atoms with E-state index in [9.17, 15) is 17.2 Å². The summed E-state index contributed by atoms with van der Waals surface area (Å²) in [5, 5.41) is 0. The molecule has 0 radical (unpaired) electrons. The van der Waals surface area contributed by atoms with E-state index in [0.29, 0.717) is 6.07 Å². The first-order valence-corrected chi connectivity index (χ1v) is 6.00. The molecule has 0 saturated heterocycles. The van der Waals surface area contributed by atoms with Gasteiger partial charge in [-0.2, -0.15) is 4.72 Å². The summed E-state index contributed by atoms with van der Waals surface area (Å²) < 4.78 is 51.5. The Morgan fingerprint density at radius 3 is 2.65 bits per heavy atom. The average Bonchev–Trinajstić information content (AvgIpc) is 2.23. The van der Waals surface area contributed by atoms with Crippen molar-refractivity contribution in [3.05, 3.63) is 23.8 Å². The molecule has 1 aromatic carbocycles. The van der Waals surface area contributed by atoms with Crippen LogP contribution in [0.15, 0.2) is 17.0 Å². The van der Waals surface area contributed by atoms with Gasteiger partial charge in [-0.3, -0.25) is 0 Å². The second-order valence-electron chi connectivity index (χ2n) is 3.07. The van der Waals surface area contributed by atoms with Gasteiger partial charge < -0.3 is 5.73 Å². The molecule has 0 aromatic heterocycles. The van der Waals surface area contributed by atoms with Crippen molar-refractivity contribution in [3.8, 4) is 11.8 Å². The molecule has 0 amide bonds. The van der Waals surface area contributed by atoms with E-state index >= 15 is 0 Å². The van der Waals surface area contributed by atoms with Crippen molar-refractivity contribution < 1.29 is 17.2 Å². The average molecular weight is 260 g/mol. The summed E-state index contributed by atoms with van der Waals surface area (Å²) in [6.45, 7) is 1.34. The minimum atomic E-state index is -4.16. The number of rotatable bonds is 3. The topological polar surface area (TPSA) is 72.2 Å². The Morgan fingerprint density at radius 2 is 2.06 bits per heavy atom. The molecule has 92 valence electrons. The van der Waals surface area contributed by atoms with Crippen molar-refractivity contribution in [2.75, 3.05) is 12.3 Å². The SMILES string of the molecule is CC#CCNS(=O)(=O)c1cc(N)cc(F)c1F. The van der Waals surface area contributed by atoms with Crippen LogP contribution in [0.3, 0.4) is 0 Å². The maximum absolute atomic E-state index is 13.3. The van der Waals surface area contributed by atoms with E-state index in [4.69, 9.17) is 5.73 Å². The lowest BCUT2D eigenvalue weighted by Gasteiger charge is -2.06. The summed E-state index contributed by atoms with van der Waals surface area (Å²) in [4.78, 5) is -0.826. The monoisotopic (exact) mass is 260 g/mol. The van der Waals surface area contributed by atoms with Crippen LogP contribution in [0.25, 0.3) is 0 Å². The van der Waals surface area contributed by atoms with Crippen LogP contribution in [0.4, 0.5) is 14.5 Å². The second-order valence-corrected chi connectivity index (χ2v) is 4.80. The molecule has 1 rings (SSSR count). The summed E-state index contributed by atoms with van der Waals surface area (Å²) in [7, 11) is -4.16. The van der Waals surface area contributed by atoms with E-state index in [1.165, 1.54) is 6.92 Å². The molecule has 0 unspecified atom stereocenters. The van der Waals surface area contributed by atoms with Gasteiger partial charge in [-0.1, -0.05) is 5.92 Å². The van der Waals surface area contributed by atoms with Crippen molar-refractivity contribution in [3.63, 3.8) is 0 Å². The lowest BCUT2D eigenvalue weighted by atomic mass is 10.3. The minimum absolute atomic E-state index is 0.175. The fourth-order valence-corrected chi connectivity index (χ4v) is 2.12. The molecular weight excluding hydrogens is 250 g/mol. The molecule has 0 atom stereocenters. The molecule has 4 nitrogen and oxygen atoms in total. The Hall–Kier alpha value is -1.65. The van der Waals surface area contributed by atoms with E-state index in [2.05, 4.69) is 11.8 Å². The molecule has 7 heteroatoms. The van der Waals surface area contributed by atoms with E-state index in [1.54, 1.807) is 0 Å². The second kappa shape index (κ2) is 5.12. The lowest BCUT2D eigenvalue weighted by molar-refractivity contribution is 0.484. The normalized spacial score (nSPS) is 10.8. The van der Waals surface area contributed by atoms with Gasteiger partial charge in [-0.15, -0.1) is 5.92 Å². The van der Waals surface area contributed by atoms with Crippen molar-refractivity contribution in [2.24, 2.45) is 0 Å². The third kappa shape index (κ3) is 3.15. The van der Waals surface area contributed by atoms with Gasteiger partial charge >= 0.3 is 0 Å². The highest BCUT2D eigenvalue weighted by molar-refractivity contribution is 7.89. The van der Waals surface area contributed by atoms with Crippen LogP contribution in [0.2, 0.25) is 0 Å². The first kappa shape index (κ1) is 13.4. The molecule has 0 heterocycles. The van der Waals surface area contributed by atoms with E-state index in [-0.39, 0.29) is 12.2 Å². The zero-order valence-corrected chi connectivity index (χ0v) is 9.74. The van der Waals surface area contributed by atoms with Crippen LogP contribution in [-0.2, 0) is 10.0 Å². The van der Waals surface area contributed by atoms with Crippen LogP contribution >= 0.6 is 0 Å². The van der Waals surface area contributed by atoms with Gasteiger partial charge in [0.2, 0.25) is 10.0 Å². The van der Waals surface area contributed by atoms with Crippen molar-refractivity contribution in [1.29, 1.82) is 0 Å². The Morgan fingerprint density at radius 1 is 1.41 bits per heavy atom. The van der Waals surface area contributed by atoms with Crippen LogP contribution in [0, 0.1) is 23.5 Å². The Kier molecular flexibility index (Phi) is 4.04. The van der Waals surface area contributed by atoms with Gasteiger partial charge in [0.25, 0.3) is 0 Å². The summed E-state index contributed by atoms with van der Waals surface area (Å²) >= 11 is 0. The van der Waals surface area contributed by atoms with Crippen LogP contribution in [0.1, 0.15) is 6.92 Å². The molecular formula is C10H10F2N2O2S. The van der Waals surface area contributed by atoms with Gasteiger partial charge in [-0.25, -0.2) is 17.2 Å². The number of nitrogen functional groups attached to an aromatic ring is 1. The Labute approximate surface area is 97.9 Å². The molecule has 0 aliphatic carbocycles. The lowest BCUT2D eigenvalue weighted by Crippen LogP contribution is -2.25. The predicted octanol–water partition coefficient (Wildman–Crippen LogP) is 0.849. The third-order valence-electron chi connectivity index (χ3n) is 1.83. The highest BCUT2D eigenvalue weighted by Crippen LogP contribution is 2.20. The smallest absolute Gasteiger partial charge is 0.244 e. The quantitative estimate of drug-likeness (QED) is 0.625. The number of halogens is 2. The molecule has 0 fully saturated rings. The maximum atomic E-state index is 13.3. The maximum Gasteiger partial charge on any atom is 0.244 e. The standard InChI is InChI=1S/C10H10F2N2O2S/c1-2-3-4-14-17(15,16)9-6-7(13)5-8(11)10(9)12/h5-6,14H,4,13H2,1H3. The molecule has 0 saturated carbocycles. The molecule has 0 bridgehead atoms. The fraction of sp³-hybridized carbons (Fsp3) is 0.200. The molecule has 0 aliphatic heterocycles. The number of benzene rings is 1. The van der Waals surface area contributed by atoms with Gasteiger partial charge in [0.05, 0.1) is 6.54 Å². The number of anilines is 1. The summed E-state index contributed by atoms with van der Waals surface area (Å²) in [6, 6.07) is 1.56. The van der Waals surface area contributed by atoms with Gasteiger partial charge in [-0.05, 0) is 19.1 Å². The summed E-state index contributed by atoms with van der Waals surface area (Å²) in [5.41, 5.74) is 5.08. The molecule has 1 aromatic rings. The highest BCUT2D eigenvalue weighted by Gasteiger charge is 2.21. The van der Waals surface area contributed by atoms with E-state index in [0.717, 1.165) is 6.07 Å². The fourth-order valence-electron chi connectivity index (χ4n) is 1.08. The molecule has 17 heavy (non-hydrogen) atoms. The van der Waals surface area contributed by atoms with Crippen LogP contribution in [0.5, 0.6) is 0 Å². The number of hydrogen-bond acceptors (Lipinski definition) is 3. The van der Waals surface area contributed by atoms with Crippen molar-refractivity contribution in [2.45, 2.75) is 11.8 Å². The Bertz CT molecular complexity index is 588. The predicted molar refractivity (Wildman–Crippen MR) is 59.4 cm³/mol. The highest BCUT2D eigenvalue weighted by atomic mass is 32.2. The summed E-state index contributed by atoms with van der Waals surface area (Å²) in [6.07, 6.45) is 0. The first-order valence-electron chi connectivity index (χ1n) is 4.52. The molecule has 0 aliphatic rings. The molecule has 3 N–H and O–H groups in total. The van der Waals surface area contributed by atoms with Crippen molar-refractivity contribution >= 4 is 15.7 Å². The zero-order chi connectivity index (χ0) is 13.1. The Balaban J connectivity index is 3.18. The summed E-state index contributed by atoms with van der Waals surface area (Å²) in [5.74, 6) is 2.12. The number of nitrogens with one attached hydrogen (secondary N) is 1. The van der Waals surface area contributed by atoms with Crippen LogP contribution < -0.4 is 10.5 Å². The van der Waals surface area contributed by atoms with Crippen LogP contribution in [-0.4, -0.2) is 15.0 Å². The third-order valence-corrected chi connectivity index (χ3v) is 3.23. The largest absolute Gasteiger partial charge is 0.399 e. The van der Waals surface area contributed by atoms with Gasteiger partial charge in [0.15, 0.2) is 11.6 Å².